The second-order valence-corrected chi connectivity index (χ2v) is 7.55. The molecular weight excluding hydrogens is 527 g/mol. The molecular formula is C23H32ClIN4O2. The SMILES string of the molecule is CCNC(=NCCc1cccc(C(=O)N(C)C)c1)N(C)CCOc1ccc(Cl)cc1.I. The molecule has 2 aromatic rings. The van der Waals surface area contributed by atoms with E-state index in [9.17, 15) is 4.79 Å². The molecule has 31 heavy (non-hydrogen) atoms. The van der Waals surface area contributed by atoms with Crippen LogP contribution in [0.15, 0.2) is 53.5 Å². The summed E-state index contributed by atoms with van der Waals surface area (Å²) in [5.74, 6) is 1.63. The standard InChI is InChI=1S/C23H31ClN4O2.HI/c1-5-25-23(28(4)15-16-30-21-11-9-20(24)10-12-21)26-14-13-18-7-6-8-19(17-18)22(29)27(2)3;/h6-12,17H,5,13-16H2,1-4H3,(H,25,26);1H. The number of benzene rings is 2. The van der Waals surface area contributed by atoms with Gasteiger partial charge in [-0.05, 0) is 55.3 Å². The van der Waals surface area contributed by atoms with Crippen molar-refractivity contribution in [2.24, 2.45) is 4.99 Å². The second kappa shape index (κ2) is 14.1. The van der Waals surface area contributed by atoms with Crippen LogP contribution in [-0.2, 0) is 6.42 Å². The maximum Gasteiger partial charge on any atom is 0.253 e. The number of amides is 1. The van der Waals surface area contributed by atoms with Crippen molar-refractivity contribution in [1.29, 1.82) is 0 Å². The van der Waals surface area contributed by atoms with Gasteiger partial charge in [-0.25, -0.2) is 0 Å². The minimum absolute atomic E-state index is 0. The highest BCUT2D eigenvalue weighted by Crippen LogP contribution is 2.15. The van der Waals surface area contributed by atoms with Crippen molar-refractivity contribution in [1.82, 2.24) is 15.1 Å². The molecule has 0 saturated heterocycles. The van der Waals surface area contributed by atoms with Gasteiger partial charge in [0.1, 0.15) is 12.4 Å². The zero-order valence-electron chi connectivity index (χ0n) is 18.6. The van der Waals surface area contributed by atoms with Crippen LogP contribution in [0.3, 0.4) is 0 Å². The number of ether oxygens (including phenoxy) is 1. The third kappa shape index (κ3) is 9.35. The van der Waals surface area contributed by atoms with Crippen LogP contribution in [-0.4, -0.2) is 69.1 Å². The Morgan fingerprint density at radius 2 is 1.84 bits per heavy atom. The van der Waals surface area contributed by atoms with Crippen molar-refractivity contribution in [3.05, 3.63) is 64.7 Å². The quantitative estimate of drug-likeness (QED) is 0.285. The summed E-state index contributed by atoms with van der Waals surface area (Å²) in [5.41, 5.74) is 1.79. The predicted octanol–water partition coefficient (Wildman–Crippen LogP) is 4.18. The third-order valence-corrected chi connectivity index (χ3v) is 4.70. The molecule has 0 aromatic heterocycles. The highest BCUT2D eigenvalue weighted by atomic mass is 127. The summed E-state index contributed by atoms with van der Waals surface area (Å²) < 4.78 is 5.77. The van der Waals surface area contributed by atoms with E-state index >= 15 is 0 Å². The molecule has 0 saturated carbocycles. The smallest absolute Gasteiger partial charge is 0.253 e. The van der Waals surface area contributed by atoms with Gasteiger partial charge in [0.15, 0.2) is 5.96 Å². The van der Waals surface area contributed by atoms with E-state index in [0.29, 0.717) is 30.3 Å². The Labute approximate surface area is 207 Å². The molecule has 0 fully saturated rings. The van der Waals surface area contributed by atoms with Crippen molar-refractivity contribution >= 4 is 47.4 Å². The van der Waals surface area contributed by atoms with Gasteiger partial charge in [-0.15, -0.1) is 24.0 Å². The fraction of sp³-hybridized carbons (Fsp3) is 0.391. The average Bonchev–Trinajstić information content (AvgIpc) is 2.74. The van der Waals surface area contributed by atoms with E-state index < -0.39 is 0 Å². The van der Waals surface area contributed by atoms with Crippen LogP contribution < -0.4 is 10.1 Å². The minimum atomic E-state index is 0. The lowest BCUT2D eigenvalue weighted by Gasteiger charge is -2.22. The molecule has 0 aliphatic rings. The summed E-state index contributed by atoms with van der Waals surface area (Å²) in [6.07, 6.45) is 0.762. The van der Waals surface area contributed by atoms with Gasteiger partial charge in [-0.1, -0.05) is 23.7 Å². The van der Waals surface area contributed by atoms with Crippen LogP contribution in [0.4, 0.5) is 0 Å². The van der Waals surface area contributed by atoms with Crippen LogP contribution >= 0.6 is 35.6 Å². The number of carbonyl (C=O) groups excluding carboxylic acids is 1. The van der Waals surface area contributed by atoms with Crippen molar-refractivity contribution in [2.75, 3.05) is 47.4 Å². The monoisotopic (exact) mass is 558 g/mol. The summed E-state index contributed by atoms with van der Waals surface area (Å²) in [5, 5.41) is 4.00. The molecule has 0 aliphatic carbocycles. The molecule has 0 radical (unpaired) electrons. The highest BCUT2D eigenvalue weighted by molar-refractivity contribution is 14.0. The molecule has 170 valence electrons. The Kier molecular flexibility index (Phi) is 12.3. The number of hydrogen-bond acceptors (Lipinski definition) is 3. The number of halogens is 2. The molecule has 8 heteroatoms. The van der Waals surface area contributed by atoms with E-state index in [-0.39, 0.29) is 29.9 Å². The number of likely N-dealkylation sites (N-methyl/N-ethyl adjacent to an activating group) is 1. The summed E-state index contributed by atoms with van der Waals surface area (Å²) >= 11 is 5.90. The topological polar surface area (TPSA) is 57.2 Å². The number of hydrogen-bond donors (Lipinski definition) is 1. The normalized spacial score (nSPS) is 10.8. The molecule has 2 rings (SSSR count). The van der Waals surface area contributed by atoms with Gasteiger partial charge in [0, 0.05) is 44.8 Å². The zero-order chi connectivity index (χ0) is 21.9. The molecule has 2 aromatic carbocycles. The lowest BCUT2D eigenvalue weighted by molar-refractivity contribution is 0.0827. The number of nitrogens with one attached hydrogen (secondary N) is 1. The predicted molar refractivity (Wildman–Crippen MR) is 139 cm³/mol. The summed E-state index contributed by atoms with van der Waals surface area (Å²) in [4.78, 5) is 20.5. The third-order valence-electron chi connectivity index (χ3n) is 4.45. The Bertz CT molecular complexity index is 844. The Morgan fingerprint density at radius 3 is 2.48 bits per heavy atom. The first-order chi connectivity index (χ1) is 14.4. The van der Waals surface area contributed by atoms with E-state index in [1.165, 1.54) is 0 Å². The van der Waals surface area contributed by atoms with E-state index in [1.807, 2.05) is 67.4 Å². The molecule has 1 amide bonds. The van der Waals surface area contributed by atoms with E-state index in [4.69, 9.17) is 21.3 Å². The summed E-state index contributed by atoms with van der Waals surface area (Å²) in [7, 11) is 5.51. The molecule has 0 heterocycles. The first kappa shape index (κ1) is 27.0. The fourth-order valence-corrected chi connectivity index (χ4v) is 2.94. The lowest BCUT2D eigenvalue weighted by atomic mass is 10.1. The summed E-state index contributed by atoms with van der Waals surface area (Å²) in [6.45, 7) is 4.70. The maximum absolute atomic E-state index is 12.1. The largest absolute Gasteiger partial charge is 0.492 e. The minimum Gasteiger partial charge on any atom is -0.492 e. The van der Waals surface area contributed by atoms with Gasteiger partial charge in [-0.2, -0.15) is 0 Å². The number of rotatable bonds is 9. The molecule has 0 aliphatic heterocycles. The van der Waals surface area contributed by atoms with Crippen LogP contribution in [0.1, 0.15) is 22.8 Å². The van der Waals surface area contributed by atoms with Gasteiger partial charge in [0.25, 0.3) is 5.91 Å². The maximum atomic E-state index is 12.1. The second-order valence-electron chi connectivity index (χ2n) is 7.11. The van der Waals surface area contributed by atoms with Crippen LogP contribution in [0.2, 0.25) is 5.02 Å². The van der Waals surface area contributed by atoms with Crippen LogP contribution in [0.25, 0.3) is 0 Å². The molecule has 0 atom stereocenters. The molecule has 1 N–H and O–H groups in total. The zero-order valence-corrected chi connectivity index (χ0v) is 21.7. The number of carbonyl (C=O) groups is 1. The first-order valence-corrected chi connectivity index (χ1v) is 10.5. The van der Waals surface area contributed by atoms with E-state index in [0.717, 1.165) is 30.2 Å². The van der Waals surface area contributed by atoms with Crippen LogP contribution in [0.5, 0.6) is 5.75 Å². The highest BCUT2D eigenvalue weighted by Gasteiger charge is 2.09. The van der Waals surface area contributed by atoms with Crippen LogP contribution in [0, 0.1) is 0 Å². The van der Waals surface area contributed by atoms with Crippen molar-refractivity contribution in [3.63, 3.8) is 0 Å². The number of guanidine groups is 1. The van der Waals surface area contributed by atoms with Crippen molar-refractivity contribution in [3.8, 4) is 5.75 Å². The fourth-order valence-electron chi connectivity index (χ4n) is 2.82. The van der Waals surface area contributed by atoms with Crippen molar-refractivity contribution in [2.45, 2.75) is 13.3 Å². The molecule has 0 spiro atoms. The first-order valence-electron chi connectivity index (χ1n) is 10.1. The van der Waals surface area contributed by atoms with Crippen molar-refractivity contribution < 1.29 is 9.53 Å². The Morgan fingerprint density at radius 1 is 1.13 bits per heavy atom. The van der Waals surface area contributed by atoms with Gasteiger partial charge in [0.2, 0.25) is 0 Å². The Hall–Kier alpha value is -2.00. The van der Waals surface area contributed by atoms with Gasteiger partial charge < -0.3 is 19.9 Å². The van der Waals surface area contributed by atoms with Gasteiger partial charge in [0.05, 0.1) is 6.54 Å². The Balaban J connectivity index is 0.00000480. The molecule has 6 nitrogen and oxygen atoms in total. The molecule has 0 unspecified atom stereocenters. The average molecular weight is 559 g/mol. The van der Waals surface area contributed by atoms with Gasteiger partial charge >= 0.3 is 0 Å². The van der Waals surface area contributed by atoms with E-state index in [1.54, 1.807) is 19.0 Å². The lowest BCUT2D eigenvalue weighted by Crippen LogP contribution is -2.41. The summed E-state index contributed by atoms with van der Waals surface area (Å²) in [6, 6.07) is 15.1. The number of nitrogens with zero attached hydrogens (tertiary/aromatic N) is 3. The molecule has 0 bridgehead atoms. The number of aliphatic imine (C=N–C) groups is 1. The van der Waals surface area contributed by atoms with E-state index in [2.05, 4.69) is 5.32 Å². The van der Waals surface area contributed by atoms with Gasteiger partial charge in [-0.3, -0.25) is 9.79 Å².